The van der Waals surface area contributed by atoms with E-state index in [1.807, 2.05) is 4.57 Å². The minimum absolute atomic E-state index is 0.337. The van der Waals surface area contributed by atoms with Gasteiger partial charge in [0.1, 0.15) is 5.82 Å². The van der Waals surface area contributed by atoms with Crippen LogP contribution in [0.5, 0.6) is 0 Å². The first-order valence-electron chi connectivity index (χ1n) is 6.42. The lowest BCUT2D eigenvalue weighted by Crippen LogP contribution is -2.23. The van der Waals surface area contributed by atoms with E-state index in [1.54, 1.807) is 18.6 Å². The zero-order valence-corrected chi connectivity index (χ0v) is 10.7. The highest BCUT2D eigenvalue weighted by Gasteiger charge is 2.30. The maximum absolute atomic E-state index is 13.2. The van der Waals surface area contributed by atoms with Crippen LogP contribution in [0, 0.1) is 5.82 Å². The third kappa shape index (κ3) is 2.49. The standard InChI is InChI=1S/C14H14FN3O2/c15-9-2-1-3-10(6-9)17-13(14(19)20)12-7-16-8-18(12)11-4-5-11/h1-3,6-8,11,13,17H,4-5H2,(H,19,20). The van der Waals surface area contributed by atoms with E-state index in [-0.39, 0.29) is 0 Å². The summed E-state index contributed by atoms with van der Waals surface area (Å²) in [5.41, 5.74) is 1.02. The first-order chi connectivity index (χ1) is 9.65. The Labute approximate surface area is 115 Å². The van der Waals surface area contributed by atoms with Crippen LogP contribution in [0.4, 0.5) is 10.1 Å². The predicted octanol–water partition coefficient (Wildman–Crippen LogP) is 2.59. The maximum Gasteiger partial charge on any atom is 0.332 e. The van der Waals surface area contributed by atoms with Crippen LogP contribution in [0.15, 0.2) is 36.8 Å². The van der Waals surface area contributed by atoms with E-state index in [2.05, 4.69) is 10.3 Å². The normalized spacial score (nSPS) is 15.8. The molecular weight excluding hydrogens is 261 g/mol. The number of hydrogen-bond donors (Lipinski definition) is 2. The highest BCUT2D eigenvalue weighted by molar-refractivity contribution is 5.78. The van der Waals surface area contributed by atoms with E-state index < -0.39 is 17.8 Å². The molecular formula is C14H14FN3O2. The number of carboxylic acid groups (broad SMARTS) is 1. The number of imidazole rings is 1. The number of hydrogen-bond acceptors (Lipinski definition) is 3. The van der Waals surface area contributed by atoms with E-state index in [0.717, 1.165) is 12.8 Å². The molecule has 0 amide bonds. The molecule has 1 aromatic heterocycles. The van der Waals surface area contributed by atoms with Crippen molar-refractivity contribution in [3.8, 4) is 0 Å². The van der Waals surface area contributed by atoms with Gasteiger partial charge in [0.25, 0.3) is 0 Å². The van der Waals surface area contributed by atoms with Crippen LogP contribution in [0.3, 0.4) is 0 Å². The zero-order chi connectivity index (χ0) is 14.1. The molecule has 5 nitrogen and oxygen atoms in total. The first kappa shape index (κ1) is 12.7. The van der Waals surface area contributed by atoms with Crippen molar-refractivity contribution in [1.82, 2.24) is 9.55 Å². The molecule has 20 heavy (non-hydrogen) atoms. The van der Waals surface area contributed by atoms with Crippen LogP contribution in [0.1, 0.15) is 30.6 Å². The fourth-order valence-corrected chi connectivity index (χ4v) is 2.20. The number of anilines is 1. The topological polar surface area (TPSA) is 67.2 Å². The van der Waals surface area contributed by atoms with Gasteiger partial charge in [0, 0.05) is 11.7 Å². The predicted molar refractivity (Wildman–Crippen MR) is 70.9 cm³/mol. The lowest BCUT2D eigenvalue weighted by atomic mass is 10.2. The second-order valence-electron chi connectivity index (χ2n) is 4.88. The Bertz CT molecular complexity index is 637. The Morgan fingerprint density at radius 1 is 1.50 bits per heavy atom. The van der Waals surface area contributed by atoms with E-state index in [1.165, 1.54) is 18.2 Å². The molecule has 1 saturated carbocycles. The van der Waals surface area contributed by atoms with Gasteiger partial charge in [-0.1, -0.05) is 6.07 Å². The highest BCUT2D eigenvalue weighted by Crippen LogP contribution is 2.37. The van der Waals surface area contributed by atoms with Gasteiger partial charge < -0.3 is 15.0 Å². The number of carbonyl (C=O) groups is 1. The molecule has 1 unspecified atom stereocenters. The summed E-state index contributed by atoms with van der Waals surface area (Å²) < 4.78 is 15.1. The fraction of sp³-hybridized carbons (Fsp3) is 0.286. The van der Waals surface area contributed by atoms with E-state index >= 15 is 0 Å². The minimum Gasteiger partial charge on any atom is -0.479 e. The summed E-state index contributed by atoms with van der Waals surface area (Å²) in [5, 5.41) is 12.2. The largest absolute Gasteiger partial charge is 0.479 e. The molecule has 1 fully saturated rings. The van der Waals surface area contributed by atoms with Crippen LogP contribution in [0.25, 0.3) is 0 Å². The molecule has 1 atom stereocenters. The lowest BCUT2D eigenvalue weighted by Gasteiger charge is -2.17. The molecule has 0 spiro atoms. The van der Waals surface area contributed by atoms with Gasteiger partial charge in [-0.25, -0.2) is 14.2 Å². The molecule has 104 valence electrons. The summed E-state index contributed by atoms with van der Waals surface area (Å²) in [5.74, 6) is -1.42. The van der Waals surface area contributed by atoms with Gasteiger partial charge in [0.15, 0.2) is 6.04 Å². The number of rotatable bonds is 5. The Morgan fingerprint density at radius 2 is 2.30 bits per heavy atom. The monoisotopic (exact) mass is 275 g/mol. The van der Waals surface area contributed by atoms with E-state index in [0.29, 0.717) is 17.4 Å². The Balaban J connectivity index is 1.89. The smallest absolute Gasteiger partial charge is 0.332 e. The summed E-state index contributed by atoms with van der Waals surface area (Å²) in [7, 11) is 0. The second kappa shape index (κ2) is 4.96. The average Bonchev–Trinajstić information content (AvgIpc) is 3.14. The number of nitrogens with zero attached hydrogens (tertiary/aromatic N) is 2. The third-order valence-electron chi connectivity index (χ3n) is 3.31. The molecule has 1 heterocycles. The first-order valence-corrected chi connectivity index (χ1v) is 6.42. The van der Waals surface area contributed by atoms with Gasteiger partial charge in [0.05, 0.1) is 18.2 Å². The number of carboxylic acids is 1. The molecule has 0 saturated heterocycles. The van der Waals surface area contributed by atoms with Crippen LogP contribution in [-0.4, -0.2) is 20.6 Å². The third-order valence-corrected chi connectivity index (χ3v) is 3.31. The van der Waals surface area contributed by atoms with Gasteiger partial charge in [-0.15, -0.1) is 0 Å². The van der Waals surface area contributed by atoms with Crippen molar-refractivity contribution >= 4 is 11.7 Å². The Morgan fingerprint density at radius 3 is 2.95 bits per heavy atom. The Hall–Kier alpha value is -2.37. The summed E-state index contributed by atoms with van der Waals surface area (Å²) in [4.78, 5) is 15.5. The Kier molecular flexibility index (Phi) is 3.14. The summed E-state index contributed by atoms with van der Waals surface area (Å²) >= 11 is 0. The molecule has 0 radical (unpaired) electrons. The molecule has 1 aliphatic carbocycles. The van der Waals surface area contributed by atoms with Gasteiger partial charge >= 0.3 is 5.97 Å². The van der Waals surface area contributed by atoms with Crippen molar-refractivity contribution in [2.45, 2.75) is 24.9 Å². The summed E-state index contributed by atoms with van der Waals surface area (Å²) in [6.07, 6.45) is 5.27. The van der Waals surface area contributed by atoms with Gasteiger partial charge in [0.2, 0.25) is 0 Å². The highest BCUT2D eigenvalue weighted by atomic mass is 19.1. The molecule has 1 aromatic carbocycles. The van der Waals surface area contributed by atoms with Gasteiger partial charge in [-0.2, -0.15) is 0 Å². The van der Waals surface area contributed by atoms with Crippen molar-refractivity contribution in [2.75, 3.05) is 5.32 Å². The van der Waals surface area contributed by atoms with Crippen LogP contribution >= 0.6 is 0 Å². The van der Waals surface area contributed by atoms with Crippen molar-refractivity contribution < 1.29 is 14.3 Å². The molecule has 0 aliphatic heterocycles. The quantitative estimate of drug-likeness (QED) is 0.880. The molecule has 2 aromatic rings. The summed E-state index contributed by atoms with van der Waals surface area (Å²) in [6, 6.07) is 5.15. The number of nitrogens with one attached hydrogen (secondary N) is 1. The van der Waals surface area contributed by atoms with Gasteiger partial charge in [-0.3, -0.25) is 0 Å². The van der Waals surface area contributed by atoms with Crippen LogP contribution in [0.2, 0.25) is 0 Å². The van der Waals surface area contributed by atoms with Crippen molar-refractivity contribution in [1.29, 1.82) is 0 Å². The minimum atomic E-state index is -1.02. The lowest BCUT2D eigenvalue weighted by molar-refractivity contribution is -0.138. The number of aliphatic carboxylic acids is 1. The molecule has 3 rings (SSSR count). The van der Waals surface area contributed by atoms with Crippen molar-refractivity contribution in [3.63, 3.8) is 0 Å². The molecule has 0 bridgehead atoms. The SMILES string of the molecule is O=C(O)C(Nc1cccc(F)c1)c1cncn1C1CC1. The number of benzene rings is 1. The second-order valence-corrected chi connectivity index (χ2v) is 4.88. The number of aromatic nitrogens is 2. The molecule has 2 N–H and O–H groups in total. The van der Waals surface area contributed by atoms with Gasteiger partial charge in [-0.05, 0) is 31.0 Å². The zero-order valence-electron chi connectivity index (χ0n) is 10.7. The number of halogens is 1. The van der Waals surface area contributed by atoms with E-state index in [9.17, 15) is 14.3 Å². The van der Waals surface area contributed by atoms with Crippen LogP contribution in [-0.2, 0) is 4.79 Å². The van der Waals surface area contributed by atoms with Crippen molar-refractivity contribution in [3.05, 3.63) is 48.3 Å². The van der Waals surface area contributed by atoms with Crippen LogP contribution < -0.4 is 5.32 Å². The fourth-order valence-electron chi connectivity index (χ4n) is 2.20. The molecule has 6 heteroatoms. The van der Waals surface area contributed by atoms with Crippen molar-refractivity contribution in [2.24, 2.45) is 0 Å². The molecule has 1 aliphatic rings. The average molecular weight is 275 g/mol. The maximum atomic E-state index is 13.2. The summed E-state index contributed by atoms with van der Waals surface area (Å²) in [6.45, 7) is 0. The van der Waals surface area contributed by atoms with E-state index in [4.69, 9.17) is 0 Å².